The average Bonchev–Trinajstić information content (AvgIpc) is 2.39. The van der Waals surface area contributed by atoms with E-state index < -0.39 is 0 Å². The van der Waals surface area contributed by atoms with Gasteiger partial charge in [-0.3, -0.25) is 4.79 Å². The lowest BCUT2D eigenvalue weighted by Crippen LogP contribution is -2.39. The van der Waals surface area contributed by atoms with Crippen LogP contribution in [0.15, 0.2) is 0 Å². The molecule has 0 bridgehead atoms. The lowest BCUT2D eigenvalue weighted by atomic mass is 9.96. The van der Waals surface area contributed by atoms with E-state index in [-0.39, 0.29) is 0 Å². The van der Waals surface area contributed by atoms with Crippen LogP contribution < -0.4 is 0 Å². The molecule has 1 atom stereocenters. The lowest BCUT2D eigenvalue weighted by molar-refractivity contribution is -0.136. The zero-order chi connectivity index (χ0) is 12.5. The second-order valence-electron chi connectivity index (χ2n) is 5.34. The summed E-state index contributed by atoms with van der Waals surface area (Å²) in [5.41, 5.74) is 0. The molecule has 17 heavy (non-hydrogen) atoms. The number of hydrogen-bond acceptors (Lipinski definition) is 1. The third kappa shape index (κ3) is 5.10. The summed E-state index contributed by atoms with van der Waals surface area (Å²) in [5.74, 6) is 0.730. The molecule has 1 amide bonds. The molecule has 0 spiro atoms. The molecule has 100 valence electrons. The maximum atomic E-state index is 12.3. The van der Waals surface area contributed by atoms with Crippen molar-refractivity contribution in [2.75, 3.05) is 13.1 Å². The van der Waals surface area contributed by atoms with Crippen molar-refractivity contribution in [1.82, 2.24) is 4.90 Å². The van der Waals surface area contributed by atoms with Gasteiger partial charge in [0, 0.05) is 19.0 Å². The van der Waals surface area contributed by atoms with Crippen LogP contribution in [0.25, 0.3) is 0 Å². The van der Waals surface area contributed by atoms with Crippen molar-refractivity contribution in [3.63, 3.8) is 0 Å². The Labute approximate surface area is 107 Å². The van der Waals surface area contributed by atoms with Gasteiger partial charge in [0.15, 0.2) is 0 Å². The summed E-state index contributed by atoms with van der Waals surface area (Å²) in [6.45, 7) is 6.40. The third-order valence-corrected chi connectivity index (χ3v) is 3.92. The molecule has 0 aliphatic carbocycles. The number of likely N-dealkylation sites (tertiary alicyclic amines) is 1. The Kier molecular flexibility index (Phi) is 7.30. The van der Waals surface area contributed by atoms with Gasteiger partial charge in [0.05, 0.1) is 0 Å². The van der Waals surface area contributed by atoms with E-state index in [9.17, 15) is 4.79 Å². The topological polar surface area (TPSA) is 20.3 Å². The first kappa shape index (κ1) is 14.5. The lowest BCUT2D eigenvalue weighted by Gasteiger charge is -2.30. The number of nitrogens with zero attached hydrogens (tertiary/aromatic N) is 1. The Morgan fingerprint density at radius 2 is 1.76 bits per heavy atom. The van der Waals surface area contributed by atoms with Crippen LogP contribution in [-0.4, -0.2) is 23.9 Å². The molecule has 0 saturated carbocycles. The molecule has 1 aliphatic rings. The first-order valence-electron chi connectivity index (χ1n) is 7.58. The van der Waals surface area contributed by atoms with E-state index in [2.05, 4.69) is 18.7 Å². The number of amides is 1. The fraction of sp³-hybridized carbons (Fsp3) is 0.933. The van der Waals surface area contributed by atoms with Gasteiger partial charge < -0.3 is 4.90 Å². The molecule has 1 unspecified atom stereocenters. The molecule has 2 nitrogen and oxygen atoms in total. The van der Waals surface area contributed by atoms with Gasteiger partial charge in [0.1, 0.15) is 0 Å². The highest BCUT2D eigenvalue weighted by molar-refractivity contribution is 5.78. The van der Waals surface area contributed by atoms with Gasteiger partial charge in [-0.1, -0.05) is 39.5 Å². The molecule has 0 aromatic rings. The first-order chi connectivity index (χ1) is 8.29. The van der Waals surface area contributed by atoms with Gasteiger partial charge in [0.2, 0.25) is 5.91 Å². The smallest absolute Gasteiger partial charge is 0.225 e. The molecule has 2 heteroatoms. The van der Waals surface area contributed by atoms with Crippen LogP contribution in [0.1, 0.15) is 71.6 Å². The van der Waals surface area contributed by atoms with Gasteiger partial charge in [-0.25, -0.2) is 0 Å². The first-order valence-corrected chi connectivity index (χ1v) is 7.58. The molecule has 0 aromatic carbocycles. The molecule has 1 fully saturated rings. The van der Waals surface area contributed by atoms with Gasteiger partial charge in [-0.05, 0) is 32.1 Å². The van der Waals surface area contributed by atoms with Crippen molar-refractivity contribution in [3.8, 4) is 0 Å². The van der Waals surface area contributed by atoms with Crippen LogP contribution in [0.4, 0.5) is 0 Å². The van der Waals surface area contributed by atoms with Crippen LogP contribution >= 0.6 is 0 Å². The van der Waals surface area contributed by atoms with Crippen molar-refractivity contribution in [3.05, 3.63) is 0 Å². The Hall–Kier alpha value is -0.530. The van der Waals surface area contributed by atoms with Gasteiger partial charge in [0.25, 0.3) is 0 Å². The fourth-order valence-electron chi connectivity index (χ4n) is 2.69. The molecule has 1 saturated heterocycles. The average molecular weight is 239 g/mol. The number of hydrogen-bond donors (Lipinski definition) is 0. The van der Waals surface area contributed by atoms with E-state index in [1.165, 1.54) is 44.9 Å². The highest BCUT2D eigenvalue weighted by atomic mass is 16.2. The van der Waals surface area contributed by atoms with Crippen molar-refractivity contribution < 1.29 is 4.79 Å². The van der Waals surface area contributed by atoms with Crippen LogP contribution in [0, 0.1) is 5.92 Å². The maximum Gasteiger partial charge on any atom is 0.225 e. The third-order valence-electron chi connectivity index (χ3n) is 3.92. The predicted octanol–water partition coefficient (Wildman–Crippen LogP) is 4.00. The fourth-order valence-corrected chi connectivity index (χ4v) is 2.69. The summed E-state index contributed by atoms with van der Waals surface area (Å²) in [4.78, 5) is 14.4. The van der Waals surface area contributed by atoms with E-state index in [1.54, 1.807) is 0 Å². The summed E-state index contributed by atoms with van der Waals surface area (Å²) in [6, 6.07) is 0. The maximum absolute atomic E-state index is 12.3. The highest BCUT2D eigenvalue weighted by Gasteiger charge is 2.23. The second kappa shape index (κ2) is 8.54. The predicted molar refractivity (Wildman–Crippen MR) is 73.0 cm³/mol. The van der Waals surface area contributed by atoms with E-state index in [0.717, 1.165) is 25.9 Å². The highest BCUT2D eigenvalue weighted by Crippen LogP contribution is 2.19. The van der Waals surface area contributed by atoms with Crippen LogP contribution in [0.5, 0.6) is 0 Å². The Bertz CT molecular complexity index is 209. The summed E-state index contributed by atoms with van der Waals surface area (Å²) in [6.07, 6.45) is 10.9. The number of carbonyl (C=O) groups excluding carboxylic acids is 1. The zero-order valence-electron chi connectivity index (χ0n) is 11.7. The largest absolute Gasteiger partial charge is 0.342 e. The minimum atomic E-state index is 0.296. The second-order valence-corrected chi connectivity index (χ2v) is 5.34. The van der Waals surface area contributed by atoms with Crippen molar-refractivity contribution in [2.45, 2.75) is 71.6 Å². The number of rotatable bonds is 7. The number of unbranched alkanes of at least 4 members (excludes halogenated alkanes) is 3. The monoisotopic (exact) mass is 239 g/mol. The zero-order valence-corrected chi connectivity index (χ0v) is 11.7. The normalized spacial score (nSPS) is 18.1. The van der Waals surface area contributed by atoms with Gasteiger partial charge >= 0.3 is 0 Å². The Balaban J connectivity index is 2.29. The minimum Gasteiger partial charge on any atom is -0.342 e. The summed E-state index contributed by atoms with van der Waals surface area (Å²) < 4.78 is 0. The molecule has 0 radical (unpaired) electrons. The van der Waals surface area contributed by atoms with Gasteiger partial charge in [-0.2, -0.15) is 0 Å². The van der Waals surface area contributed by atoms with E-state index in [0.29, 0.717) is 11.8 Å². The quantitative estimate of drug-likeness (QED) is 0.615. The molecule has 0 aromatic heterocycles. The van der Waals surface area contributed by atoms with E-state index in [1.807, 2.05) is 0 Å². The Morgan fingerprint density at radius 3 is 2.35 bits per heavy atom. The molecule has 1 rings (SSSR count). The van der Waals surface area contributed by atoms with E-state index >= 15 is 0 Å². The standard InChI is InChI=1S/C15H29NO/c1-3-5-6-8-11-14(4-2)15(17)16-12-9-7-10-13-16/h14H,3-13H2,1-2H3. The molecule has 1 aliphatic heterocycles. The molecular weight excluding hydrogens is 210 g/mol. The van der Waals surface area contributed by atoms with Crippen LogP contribution in [0.2, 0.25) is 0 Å². The van der Waals surface area contributed by atoms with Crippen molar-refractivity contribution in [1.29, 1.82) is 0 Å². The minimum absolute atomic E-state index is 0.296. The van der Waals surface area contributed by atoms with Gasteiger partial charge in [-0.15, -0.1) is 0 Å². The van der Waals surface area contributed by atoms with Crippen molar-refractivity contribution in [2.24, 2.45) is 5.92 Å². The number of piperidine rings is 1. The molecule has 0 N–H and O–H groups in total. The van der Waals surface area contributed by atoms with E-state index in [4.69, 9.17) is 0 Å². The molecular formula is C15H29NO. The summed E-state index contributed by atoms with van der Waals surface area (Å²) >= 11 is 0. The Morgan fingerprint density at radius 1 is 1.06 bits per heavy atom. The summed E-state index contributed by atoms with van der Waals surface area (Å²) in [7, 11) is 0. The van der Waals surface area contributed by atoms with Crippen LogP contribution in [-0.2, 0) is 4.79 Å². The SMILES string of the molecule is CCCCCCC(CC)C(=O)N1CCCCC1. The molecule has 1 heterocycles. The number of carbonyl (C=O) groups is 1. The van der Waals surface area contributed by atoms with Crippen molar-refractivity contribution >= 4 is 5.91 Å². The summed E-state index contributed by atoms with van der Waals surface area (Å²) in [5, 5.41) is 0. The van der Waals surface area contributed by atoms with Crippen LogP contribution in [0.3, 0.4) is 0 Å².